The van der Waals surface area contributed by atoms with E-state index in [1.54, 1.807) is 12.1 Å². The van der Waals surface area contributed by atoms with Crippen molar-refractivity contribution < 1.29 is 13.9 Å². The number of rotatable bonds is 6. The van der Waals surface area contributed by atoms with Crippen molar-refractivity contribution in [2.75, 3.05) is 13.7 Å². The summed E-state index contributed by atoms with van der Waals surface area (Å²) >= 11 is 1.52. The zero-order valence-electron chi connectivity index (χ0n) is 12.5. The van der Waals surface area contributed by atoms with E-state index in [1.807, 2.05) is 6.07 Å². The van der Waals surface area contributed by atoms with Gasteiger partial charge in [0.15, 0.2) is 0 Å². The summed E-state index contributed by atoms with van der Waals surface area (Å²) in [4.78, 5) is 12.8. The lowest BCUT2D eigenvalue weighted by Crippen LogP contribution is -2.51. The lowest BCUT2D eigenvalue weighted by Gasteiger charge is -2.27. The topological polar surface area (TPSA) is 38.3 Å². The molecule has 116 valence electrons. The van der Waals surface area contributed by atoms with Crippen molar-refractivity contribution in [1.82, 2.24) is 5.32 Å². The Hall–Kier alpha value is -1.07. The van der Waals surface area contributed by atoms with E-state index in [0.29, 0.717) is 11.3 Å². The molecule has 3 nitrogen and oxygen atoms in total. The summed E-state index contributed by atoms with van der Waals surface area (Å²) in [6.07, 6.45) is 3.26. The molecule has 1 aromatic carbocycles. The first kappa shape index (κ1) is 16.3. The van der Waals surface area contributed by atoms with Crippen LogP contribution in [0.2, 0.25) is 0 Å². The highest BCUT2D eigenvalue weighted by molar-refractivity contribution is 8.00. The molecule has 1 aliphatic rings. The van der Waals surface area contributed by atoms with Gasteiger partial charge < -0.3 is 10.1 Å². The minimum atomic E-state index is -0.603. The normalized spacial score (nSPS) is 25.0. The minimum absolute atomic E-state index is 0.195. The molecule has 0 amide bonds. The molecule has 0 heterocycles. The SMILES string of the molecule is CCCNC1(C(=O)OC)CCC(Sc2ccccc2F)C1. The van der Waals surface area contributed by atoms with E-state index >= 15 is 0 Å². The van der Waals surface area contributed by atoms with Crippen LogP contribution >= 0.6 is 11.8 Å². The fourth-order valence-corrected chi connectivity index (χ4v) is 4.10. The first-order chi connectivity index (χ1) is 10.1. The first-order valence-electron chi connectivity index (χ1n) is 7.36. The Morgan fingerprint density at radius 1 is 1.52 bits per heavy atom. The van der Waals surface area contributed by atoms with Crippen molar-refractivity contribution in [1.29, 1.82) is 0 Å². The molecule has 2 rings (SSSR count). The van der Waals surface area contributed by atoms with Crippen LogP contribution in [0.1, 0.15) is 32.6 Å². The number of hydrogen-bond acceptors (Lipinski definition) is 4. The number of ether oxygens (including phenoxy) is 1. The number of esters is 1. The summed E-state index contributed by atoms with van der Waals surface area (Å²) in [6.45, 7) is 2.85. The molecule has 5 heteroatoms. The van der Waals surface area contributed by atoms with Crippen LogP contribution in [0.15, 0.2) is 29.2 Å². The molecule has 1 saturated carbocycles. The smallest absolute Gasteiger partial charge is 0.326 e. The van der Waals surface area contributed by atoms with Crippen molar-refractivity contribution in [3.8, 4) is 0 Å². The maximum absolute atomic E-state index is 13.7. The fourth-order valence-electron chi connectivity index (χ4n) is 2.80. The number of carbonyl (C=O) groups is 1. The Kier molecular flexibility index (Phi) is 5.65. The molecule has 21 heavy (non-hydrogen) atoms. The van der Waals surface area contributed by atoms with Gasteiger partial charge in [-0.15, -0.1) is 11.8 Å². The van der Waals surface area contributed by atoms with Crippen LogP contribution in [0.4, 0.5) is 4.39 Å². The zero-order valence-corrected chi connectivity index (χ0v) is 13.3. The third-order valence-corrected chi connectivity index (χ3v) is 5.21. The largest absolute Gasteiger partial charge is 0.468 e. The third kappa shape index (κ3) is 3.77. The number of thioether (sulfide) groups is 1. The average Bonchev–Trinajstić information content (AvgIpc) is 2.91. The molecule has 1 fully saturated rings. The standard InChI is InChI=1S/C16H22FNO2S/c1-3-10-18-16(15(19)20-2)9-8-12(11-16)21-14-7-5-4-6-13(14)17/h4-7,12,18H,3,8-11H2,1-2H3. The molecule has 1 aliphatic carbocycles. The van der Waals surface area contributed by atoms with E-state index < -0.39 is 5.54 Å². The Balaban J connectivity index is 2.06. The third-order valence-electron chi connectivity index (χ3n) is 3.89. The number of nitrogens with one attached hydrogen (secondary N) is 1. The number of benzene rings is 1. The molecule has 0 saturated heterocycles. The van der Waals surface area contributed by atoms with Crippen LogP contribution in [-0.4, -0.2) is 30.4 Å². The molecule has 1 N–H and O–H groups in total. The maximum atomic E-state index is 13.7. The Morgan fingerprint density at radius 3 is 2.95 bits per heavy atom. The van der Waals surface area contributed by atoms with E-state index in [0.717, 1.165) is 25.8 Å². The van der Waals surface area contributed by atoms with Crippen LogP contribution in [-0.2, 0) is 9.53 Å². The average molecular weight is 311 g/mol. The molecule has 2 atom stereocenters. The van der Waals surface area contributed by atoms with Crippen molar-refractivity contribution >= 4 is 17.7 Å². The van der Waals surface area contributed by atoms with Crippen LogP contribution in [0.25, 0.3) is 0 Å². The number of halogens is 1. The van der Waals surface area contributed by atoms with Gasteiger partial charge in [-0.25, -0.2) is 4.39 Å². The second kappa shape index (κ2) is 7.27. The molecular formula is C16H22FNO2S. The second-order valence-corrected chi connectivity index (χ2v) is 6.76. The van der Waals surface area contributed by atoms with Gasteiger partial charge in [-0.2, -0.15) is 0 Å². The van der Waals surface area contributed by atoms with Crippen molar-refractivity contribution in [3.05, 3.63) is 30.1 Å². The lowest BCUT2D eigenvalue weighted by atomic mass is 9.97. The molecule has 2 unspecified atom stereocenters. The lowest BCUT2D eigenvalue weighted by molar-refractivity contribution is -0.148. The summed E-state index contributed by atoms with van der Waals surface area (Å²) < 4.78 is 18.7. The summed E-state index contributed by atoms with van der Waals surface area (Å²) in [5, 5.41) is 3.57. The van der Waals surface area contributed by atoms with E-state index in [2.05, 4.69) is 12.2 Å². The predicted octanol–water partition coefficient (Wildman–Crippen LogP) is 3.38. The van der Waals surface area contributed by atoms with E-state index in [-0.39, 0.29) is 17.0 Å². The zero-order chi connectivity index (χ0) is 15.3. The van der Waals surface area contributed by atoms with Crippen molar-refractivity contribution in [2.45, 2.75) is 48.3 Å². The molecular weight excluding hydrogens is 289 g/mol. The van der Waals surface area contributed by atoms with E-state index in [9.17, 15) is 9.18 Å². The van der Waals surface area contributed by atoms with Gasteiger partial charge in [0, 0.05) is 10.1 Å². The number of hydrogen-bond donors (Lipinski definition) is 1. The summed E-state index contributed by atoms with van der Waals surface area (Å²) in [7, 11) is 1.43. The molecule has 0 spiro atoms. The second-order valence-electron chi connectivity index (χ2n) is 5.41. The first-order valence-corrected chi connectivity index (χ1v) is 8.24. The molecule has 0 radical (unpaired) electrons. The van der Waals surface area contributed by atoms with Gasteiger partial charge in [0.2, 0.25) is 0 Å². The van der Waals surface area contributed by atoms with Gasteiger partial charge in [0.05, 0.1) is 7.11 Å². The maximum Gasteiger partial charge on any atom is 0.326 e. The predicted molar refractivity (Wildman–Crippen MR) is 82.9 cm³/mol. The summed E-state index contributed by atoms with van der Waals surface area (Å²) in [5.41, 5.74) is -0.603. The van der Waals surface area contributed by atoms with Gasteiger partial charge in [-0.3, -0.25) is 4.79 Å². The van der Waals surface area contributed by atoms with Crippen molar-refractivity contribution in [3.63, 3.8) is 0 Å². The Bertz CT molecular complexity index is 497. The van der Waals surface area contributed by atoms with Gasteiger partial charge in [-0.05, 0) is 44.4 Å². The van der Waals surface area contributed by atoms with E-state index in [1.165, 1.54) is 24.9 Å². The quantitative estimate of drug-likeness (QED) is 0.817. The van der Waals surface area contributed by atoms with Gasteiger partial charge in [-0.1, -0.05) is 19.1 Å². The number of methoxy groups -OCH3 is 1. The van der Waals surface area contributed by atoms with Crippen molar-refractivity contribution in [2.24, 2.45) is 0 Å². The van der Waals surface area contributed by atoms with Crippen LogP contribution in [0.3, 0.4) is 0 Å². The highest BCUT2D eigenvalue weighted by atomic mass is 32.2. The highest BCUT2D eigenvalue weighted by Crippen LogP contribution is 2.41. The summed E-state index contributed by atoms with van der Waals surface area (Å²) in [6, 6.07) is 6.79. The molecule has 1 aromatic rings. The van der Waals surface area contributed by atoms with Gasteiger partial charge in [0.25, 0.3) is 0 Å². The highest BCUT2D eigenvalue weighted by Gasteiger charge is 2.46. The van der Waals surface area contributed by atoms with Crippen LogP contribution < -0.4 is 5.32 Å². The van der Waals surface area contributed by atoms with E-state index in [4.69, 9.17) is 4.74 Å². The molecule has 0 aromatic heterocycles. The van der Waals surface area contributed by atoms with Crippen LogP contribution in [0, 0.1) is 5.82 Å². The number of carbonyl (C=O) groups excluding carboxylic acids is 1. The molecule has 0 bridgehead atoms. The summed E-state index contributed by atoms with van der Waals surface area (Å²) in [5.74, 6) is -0.396. The molecule has 0 aliphatic heterocycles. The monoisotopic (exact) mass is 311 g/mol. The Labute approximate surface area is 129 Å². The fraction of sp³-hybridized carbons (Fsp3) is 0.562. The van der Waals surface area contributed by atoms with Crippen LogP contribution in [0.5, 0.6) is 0 Å². The Morgan fingerprint density at radius 2 is 2.29 bits per heavy atom. The van der Waals surface area contributed by atoms with Gasteiger partial charge in [0.1, 0.15) is 11.4 Å². The van der Waals surface area contributed by atoms with Gasteiger partial charge >= 0.3 is 5.97 Å². The minimum Gasteiger partial charge on any atom is -0.468 e.